The largest absolute Gasteiger partial charge is 0.482 e. The Kier molecular flexibility index (Phi) is 7.26. The van der Waals surface area contributed by atoms with Crippen molar-refractivity contribution < 1.29 is 24.0 Å². The van der Waals surface area contributed by atoms with Crippen molar-refractivity contribution in [1.82, 2.24) is 9.66 Å². The molecule has 6 rings (SSSR count). The smallest absolute Gasteiger partial charge is 0.335 e. The summed E-state index contributed by atoms with van der Waals surface area (Å²) in [6.07, 6.45) is 1.31. The number of carboxylic acid groups (broad SMARTS) is 1. The van der Waals surface area contributed by atoms with Crippen LogP contribution in [0.2, 0.25) is 0 Å². The van der Waals surface area contributed by atoms with Gasteiger partial charge in [0.15, 0.2) is 11.5 Å². The zero-order valence-corrected chi connectivity index (χ0v) is 23.6. The minimum absolute atomic E-state index is 0.0125. The van der Waals surface area contributed by atoms with Crippen LogP contribution in [-0.2, 0) is 6.61 Å². The van der Waals surface area contributed by atoms with Crippen LogP contribution in [0.1, 0.15) is 21.5 Å². The molecule has 1 N–H and O–H groups in total. The zero-order chi connectivity index (χ0) is 30.1. The highest BCUT2D eigenvalue weighted by molar-refractivity contribution is 9.10. The van der Waals surface area contributed by atoms with Crippen molar-refractivity contribution in [2.75, 3.05) is 0 Å². The van der Waals surface area contributed by atoms with E-state index in [4.69, 9.17) is 9.15 Å². The van der Waals surface area contributed by atoms with Gasteiger partial charge in [-0.05, 0) is 66.2 Å². The number of halogens is 1. The number of fused-ring (bicyclic) bond motifs is 2. The fourth-order valence-corrected chi connectivity index (χ4v) is 4.85. The van der Waals surface area contributed by atoms with Crippen LogP contribution in [0.4, 0.5) is 5.69 Å². The predicted molar refractivity (Wildman–Crippen MR) is 163 cm³/mol. The number of furan rings is 1. The van der Waals surface area contributed by atoms with Gasteiger partial charge in [0.1, 0.15) is 12.2 Å². The number of nitro groups is 1. The lowest BCUT2D eigenvalue weighted by Crippen LogP contribution is -2.20. The summed E-state index contributed by atoms with van der Waals surface area (Å²) in [5, 5.41) is 26.6. The second kappa shape index (κ2) is 11.3. The number of hydrogen-bond donors (Lipinski definition) is 1. The van der Waals surface area contributed by atoms with E-state index >= 15 is 0 Å². The second-order valence-corrected chi connectivity index (χ2v) is 10.3. The van der Waals surface area contributed by atoms with Crippen LogP contribution in [0.3, 0.4) is 0 Å². The summed E-state index contributed by atoms with van der Waals surface area (Å²) >= 11 is 3.44. The second-order valence-electron chi connectivity index (χ2n) is 9.39. The van der Waals surface area contributed by atoms with Crippen molar-refractivity contribution in [2.45, 2.75) is 6.61 Å². The van der Waals surface area contributed by atoms with Crippen LogP contribution in [0, 0.1) is 10.1 Å². The maximum atomic E-state index is 13.5. The maximum Gasteiger partial charge on any atom is 0.335 e. The van der Waals surface area contributed by atoms with Crippen molar-refractivity contribution in [3.05, 3.63) is 133 Å². The van der Waals surface area contributed by atoms with Gasteiger partial charge in [-0.1, -0.05) is 40.2 Å². The molecule has 0 fully saturated rings. The Morgan fingerprint density at radius 2 is 1.91 bits per heavy atom. The first-order chi connectivity index (χ1) is 20.8. The summed E-state index contributed by atoms with van der Waals surface area (Å²) < 4.78 is 13.6. The summed E-state index contributed by atoms with van der Waals surface area (Å²) in [5.41, 5.74) is 1.22. The van der Waals surface area contributed by atoms with Crippen molar-refractivity contribution in [3.8, 4) is 17.3 Å². The van der Waals surface area contributed by atoms with E-state index in [1.807, 2.05) is 12.1 Å². The van der Waals surface area contributed by atoms with E-state index in [-0.39, 0.29) is 29.4 Å². The standard InChI is InChI=1S/C31H19BrN4O7/c32-22-9-11-26-21(14-22)15-28(43-26)29-34-24-7-2-1-6-23(24)30(37)35(29)33-16-18-8-10-27(25(13-18)36(40)41)42-17-19-4-3-5-20(12-19)31(38)39/h1-16H,17H2,(H,38,39). The van der Waals surface area contributed by atoms with Gasteiger partial charge in [-0.2, -0.15) is 9.78 Å². The van der Waals surface area contributed by atoms with Gasteiger partial charge in [0.05, 0.1) is 27.6 Å². The number of hydrogen-bond acceptors (Lipinski definition) is 8. The Bertz CT molecular complexity index is 2150. The molecule has 0 amide bonds. The molecule has 0 unspecified atom stereocenters. The zero-order valence-electron chi connectivity index (χ0n) is 22.0. The number of aromatic nitrogens is 2. The average Bonchev–Trinajstić information content (AvgIpc) is 3.43. The Labute approximate surface area is 250 Å². The summed E-state index contributed by atoms with van der Waals surface area (Å²) in [6.45, 7) is -0.0784. The normalized spacial score (nSPS) is 11.4. The summed E-state index contributed by atoms with van der Waals surface area (Å²) in [4.78, 5) is 40.7. The number of benzene rings is 4. The molecule has 6 aromatic rings. The third-order valence-electron chi connectivity index (χ3n) is 6.52. The van der Waals surface area contributed by atoms with E-state index in [2.05, 4.69) is 26.0 Å². The highest BCUT2D eigenvalue weighted by atomic mass is 79.9. The van der Waals surface area contributed by atoms with Gasteiger partial charge in [-0.15, -0.1) is 0 Å². The molecule has 0 radical (unpaired) electrons. The molecule has 0 atom stereocenters. The van der Waals surface area contributed by atoms with Crippen molar-refractivity contribution in [1.29, 1.82) is 0 Å². The maximum absolute atomic E-state index is 13.5. The number of aromatic carboxylic acids is 1. The molecule has 0 bridgehead atoms. The van der Waals surface area contributed by atoms with Gasteiger partial charge in [0.2, 0.25) is 5.82 Å². The number of carbonyl (C=O) groups is 1. The lowest BCUT2D eigenvalue weighted by atomic mass is 10.1. The van der Waals surface area contributed by atoms with Crippen LogP contribution in [0.5, 0.6) is 5.75 Å². The molecule has 43 heavy (non-hydrogen) atoms. The highest BCUT2D eigenvalue weighted by Crippen LogP contribution is 2.30. The third-order valence-corrected chi connectivity index (χ3v) is 7.02. The molecule has 4 aromatic carbocycles. The highest BCUT2D eigenvalue weighted by Gasteiger charge is 2.18. The molecule has 0 saturated heterocycles. The van der Waals surface area contributed by atoms with E-state index in [1.54, 1.807) is 54.6 Å². The number of para-hydroxylation sites is 1. The molecule has 12 heteroatoms. The molecule has 0 aliphatic carbocycles. The Hall–Kier alpha value is -5.62. The Morgan fingerprint density at radius 1 is 1.07 bits per heavy atom. The molecule has 11 nitrogen and oxygen atoms in total. The molecular formula is C31H19BrN4O7. The van der Waals surface area contributed by atoms with E-state index < -0.39 is 16.5 Å². The first kappa shape index (κ1) is 27.5. The van der Waals surface area contributed by atoms with Gasteiger partial charge in [-0.3, -0.25) is 14.9 Å². The molecule has 212 valence electrons. The molecule has 0 spiro atoms. The van der Waals surface area contributed by atoms with Crippen molar-refractivity contribution >= 4 is 55.7 Å². The van der Waals surface area contributed by atoms with Gasteiger partial charge >= 0.3 is 11.7 Å². The number of rotatable bonds is 8. The summed E-state index contributed by atoms with van der Waals surface area (Å²) in [5.74, 6) is -0.629. The molecule has 2 heterocycles. The SMILES string of the molecule is O=C(O)c1cccc(COc2ccc(C=Nn3c(-c4cc5cc(Br)ccc5o4)nc4ccccc4c3=O)cc2[N+](=O)[O-])c1. The van der Waals surface area contributed by atoms with Crippen LogP contribution in [0.25, 0.3) is 33.5 Å². The van der Waals surface area contributed by atoms with Gasteiger partial charge in [-0.25, -0.2) is 9.78 Å². The topological polar surface area (TPSA) is 150 Å². The van der Waals surface area contributed by atoms with Crippen LogP contribution in [-0.4, -0.2) is 31.9 Å². The van der Waals surface area contributed by atoms with E-state index in [0.29, 0.717) is 33.4 Å². The predicted octanol–water partition coefficient (Wildman–Crippen LogP) is 6.64. The van der Waals surface area contributed by atoms with Crippen molar-refractivity contribution in [3.63, 3.8) is 0 Å². The van der Waals surface area contributed by atoms with Crippen LogP contribution >= 0.6 is 15.9 Å². The van der Waals surface area contributed by atoms with Gasteiger partial charge < -0.3 is 14.3 Å². The third kappa shape index (κ3) is 5.63. The minimum Gasteiger partial charge on any atom is -0.482 e. The number of ether oxygens (including phenoxy) is 1. The lowest BCUT2D eigenvalue weighted by Gasteiger charge is -2.09. The Morgan fingerprint density at radius 3 is 2.72 bits per heavy atom. The molecule has 0 aliphatic rings. The molecule has 0 aliphatic heterocycles. The quantitative estimate of drug-likeness (QED) is 0.111. The molecule has 0 saturated carbocycles. The minimum atomic E-state index is -1.09. The van der Waals surface area contributed by atoms with Gasteiger partial charge in [0.25, 0.3) is 5.56 Å². The monoisotopic (exact) mass is 638 g/mol. The number of nitrogens with zero attached hydrogens (tertiary/aromatic N) is 4. The number of carboxylic acids is 1. The lowest BCUT2D eigenvalue weighted by molar-refractivity contribution is -0.385. The van der Waals surface area contributed by atoms with E-state index in [0.717, 1.165) is 14.5 Å². The summed E-state index contributed by atoms with van der Waals surface area (Å²) in [6, 6.07) is 24.4. The van der Waals surface area contributed by atoms with Crippen LogP contribution < -0.4 is 10.3 Å². The van der Waals surface area contributed by atoms with Crippen LogP contribution in [0.15, 0.2) is 110 Å². The molecular weight excluding hydrogens is 620 g/mol. The first-order valence-corrected chi connectivity index (χ1v) is 13.6. The fraction of sp³-hybridized carbons (Fsp3) is 0.0323. The first-order valence-electron chi connectivity index (χ1n) is 12.8. The number of nitro benzene ring substituents is 1. The van der Waals surface area contributed by atoms with E-state index in [1.165, 1.54) is 30.5 Å². The average molecular weight is 639 g/mol. The van der Waals surface area contributed by atoms with Gasteiger partial charge in [0, 0.05) is 21.5 Å². The fourth-order valence-electron chi connectivity index (χ4n) is 4.47. The summed E-state index contributed by atoms with van der Waals surface area (Å²) in [7, 11) is 0. The molecule has 2 aromatic heterocycles. The van der Waals surface area contributed by atoms with Crippen molar-refractivity contribution in [2.24, 2.45) is 5.10 Å². The Balaban J connectivity index is 1.36. The van der Waals surface area contributed by atoms with E-state index in [9.17, 15) is 24.8 Å².